The van der Waals surface area contributed by atoms with Crippen LogP contribution in [0.2, 0.25) is 0 Å². The number of azide groups is 1. The molecule has 9 nitrogen and oxygen atoms in total. The van der Waals surface area contributed by atoms with Crippen molar-refractivity contribution in [2.45, 2.75) is 37.9 Å². The number of aliphatic hydroxyl groups is 1. The van der Waals surface area contributed by atoms with E-state index in [1.807, 2.05) is 0 Å². The minimum atomic E-state index is -0.599. The van der Waals surface area contributed by atoms with E-state index in [0.29, 0.717) is 6.42 Å². The summed E-state index contributed by atoms with van der Waals surface area (Å²) in [5.41, 5.74) is 14.9. The largest absolute Gasteiger partial charge is 0.394 e. The molecule has 2 heterocycles. The molecule has 19 heavy (non-hydrogen) atoms. The number of nitrogens with zero attached hydrogens (tertiary/aromatic N) is 4. The number of aliphatic hydroxyl groups excluding tert-OH is 1. The van der Waals surface area contributed by atoms with Gasteiger partial charge in [-0.15, -0.1) is 0 Å². The van der Waals surface area contributed by atoms with Gasteiger partial charge >= 0.3 is 6.03 Å². The summed E-state index contributed by atoms with van der Waals surface area (Å²) in [6, 6.07) is -0.863. The van der Waals surface area contributed by atoms with Crippen LogP contribution in [0.25, 0.3) is 10.4 Å². The van der Waals surface area contributed by atoms with Gasteiger partial charge in [0.2, 0.25) is 0 Å². The molecule has 0 aromatic carbocycles. The van der Waals surface area contributed by atoms with Crippen molar-refractivity contribution < 1.29 is 14.6 Å². The number of ether oxygens (including phenoxy) is 1. The number of nitrogens with two attached hydrogens (primary N) is 1. The Morgan fingerprint density at radius 2 is 2.53 bits per heavy atom. The van der Waals surface area contributed by atoms with Crippen molar-refractivity contribution in [2.75, 3.05) is 6.61 Å². The molecule has 2 amide bonds. The number of nitrogens with one attached hydrogen (secondary N) is 1. The second-order valence-corrected chi connectivity index (χ2v) is 4.53. The first-order valence-corrected chi connectivity index (χ1v) is 5.90. The number of amides is 2. The van der Waals surface area contributed by atoms with E-state index in [4.69, 9.17) is 16.0 Å². The second-order valence-electron chi connectivity index (χ2n) is 4.53. The lowest BCUT2D eigenvalue weighted by Crippen LogP contribution is -2.54. The Kier molecular flexibility index (Phi) is 3.91. The van der Waals surface area contributed by atoms with Crippen LogP contribution in [-0.4, -0.2) is 47.2 Å². The van der Waals surface area contributed by atoms with Crippen LogP contribution in [0.1, 0.15) is 13.3 Å². The van der Waals surface area contributed by atoms with Crippen LogP contribution < -0.4 is 11.1 Å². The molecule has 0 bridgehead atoms. The van der Waals surface area contributed by atoms with Gasteiger partial charge in [0, 0.05) is 17.5 Å². The quantitative estimate of drug-likeness (QED) is 0.376. The molecule has 0 saturated carbocycles. The molecule has 0 aromatic heterocycles. The molecule has 0 spiro atoms. The van der Waals surface area contributed by atoms with Gasteiger partial charge in [0.05, 0.1) is 18.8 Å². The van der Waals surface area contributed by atoms with E-state index >= 15 is 0 Å². The molecule has 4 atom stereocenters. The van der Waals surface area contributed by atoms with E-state index in [1.54, 1.807) is 13.1 Å². The summed E-state index contributed by atoms with van der Waals surface area (Å²) in [6.45, 7) is 1.53. The summed E-state index contributed by atoms with van der Waals surface area (Å²) in [4.78, 5) is 15.9. The Labute approximate surface area is 109 Å². The third kappa shape index (κ3) is 2.64. The second kappa shape index (κ2) is 5.45. The molecule has 1 fully saturated rings. The highest BCUT2D eigenvalue weighted by Crippen LogP contribution is 2.27. The molecule has 104 valence electrons. The van der Waals surface area contributed by atoms with Crippen LogP contribution in [-0.2, 0) is 4.74 Å². The average Bonchev–Trinajstić information content (AvgIpc) is 2.77. The van der Waals surface area contributed by atoms with E-state index in [-0.39, 0.29) is 12.6 Å². The summed E-state index contributed by atoms with van der Waals surface area (Å²) in [5, 5.41) is 15.3. The number of urea groups is 1. The molecule has 0 aromatic rings. The number of rotatable bonds is 3. The highest BCUT2D eigenvalue weighted by atomic mass is 16.5. The predicted molar refractivity (Wildman–Crippen MR) is 65.4 cm³/mol. The number of carbonyl (C=O) groups is 1. The van der Waals surface area contributed by atoms with E-state index in [9.17, 15) is 9.90 Å². The fourth-order valence-corrected chi connectivity index (χ4v) is 2.13. The van der Waals surface area contributed by atoms with E-state index in [1.165, 1.54) is 4.90 Å². The van der Waals surface area contributed by atoms with E-state index in [2.05, 4.69) is 15.3 Å². The number of hydrogen-bond acceptors (Lipinski definition) is 5. The number of carbonyl (C=O) groups excluding carboxylic acids is 1. The van der Waals surface area contributed by atoms with Gasteiger partial charge in [0.15, 0.2) is 0 Å². The maximum Gasteiger partial charge on any atom is 0.325 e. The molecular formula is C10H16N6O3. The lowest BCUT2D eigenvalue weighted by molar-refractivity contribution is -0.0395. The average molecular weight is 268 g/mol. The van der Waals surface area contributed by atoms with Crippen LogP contribution in [0.15, 0.2) is 16.9 Å². The maximum absolute atomic E-state index is 11.8. The molecule has 4 N–H and O–H groups in total. The Morgan fingerprint density at radius 1 is 1.79 bits per heavy atom. The third-order valence-electron chi connectivity index (χ3n) is 3.24. The van der Waals surface area contributed by atoms with Gasteiger partial charge < -0.3 is 20.9 Å². The first-order chi connectivity index (χ1) is 9.06. The molecule has 2 rings (SSSR count). The lowest BCUT2D eigenvalue weighted by Gasteiger charge is -2.32. The lowest BCUT2D eigenvalue weighted by atomic mass is 10.1. The predicted octanol–water partition coefficient (Wildman–Crippen LogP) is -0.0136. The monoisotopic (exact) mass is 268 g/mol. The zero-order chi connectivity index (χ0) is 14.0. The normalized spacial score (nSPS) is 34.6. The first-order valence-electron chi connectivity index (χ1n) is 5.90. The zero-order valence-electron chi connectivity index (χ0n) is 10.4. The van der Waals surface area contributed by atoms with Crippen LogP contribution in [0.5, 0.6) is 0 Å². The van der Waals surface area contributed by atoms with Crippen molar-refractivity contribution in [3.8, 4) is 0 Å². The Balaban J connectivity index is 2.15. The van der Waals surface area contributed by atoms with Crippen molar-refractivity contribution in [3.63, 3.8) is 0 Å². The van der Waals surface area contributed by atoms with Gasteiger partial charge in [-0.2, -0.15) is 0 Å². The van der Waals surface area contributed by atoms with Gasteiger partial charge in [0.1, 0.15) is 12.4 Å². The van der Waals surface area contributed by atoms with E-state index < -0.39 is 24.5 Å². The SMILES string of the molecule is CC1=CN([C@H]2C[C@H](N=[N+]=[N-])[C@@H](CO)O2)C(=O)NC1N. The molecule has 2 aliphatic heterocycles. The minimum absolute atomic E-state index is 0.266. The zero-order valence-corrected chi connectivity index (χ0v) is 10.4. The topological polar surface area (TPSA) is 137 Å². The highest BCUT2D eigenvalue weighted by molar-refractivity contribution is 5.77. The van der Waals surface area contributed by atoms with Gasteiger partial charge in [-0.25, -0.2) is 4.79 Å². The summed E-state index contributed by atoms with van der Waals surface area (Å²) < 4.78 is 5.53. The van der Waals surface area contributed by atoms with Gasteiger partial charge in [-0.1, -0.05) is 5.11 Å². The van der Waals surface area contributed by atoms with Crippen molar-refractivity contribution >= 4 is 6.03 Å². The smallest absolute Gasteiger partial charge is 0.325 e. The maximum atomic E-state index is 11.8. The van der Waals surface area contributed by atoms with Crippen LogP contribution >= 0.6 is 0 Å². The van der Waals surface area contributed by atoms with Gasteiger partial charge in [-0.3, -0.25) is 4.90 Å². The van der Waals surface area contributed by atoms with Crippen molar-refractivity contribution in [1.29, 1.82) is 0 Å². The fraction of sp³-hybridized carbons (Fsp3) is 0.700. The van der Waals surface area contributed by atoms with Crippen molar-refractivity contribution in [2.24, 2.45) is 10.8 Å². The highest BCUT2D eigenvalue weighted by Gasteiger charge is 2.40. The van der Waals surface area contributed by atoms with Gasteiger partial charge in [0.25, 0.3) is 0 Å². The standard InChI is InChI=1S/C10H16N6O3/c1-5-3-16(10(18)13-9(5)11)8-2-6(14-15-12)7(4-17)19-8/h3,6-9,17H,2,4,11H2,1H3,(H,13,18)/t6-,7+,8+,9?/m0/s1. The molecule has 1 unspecified atom stereocenters. The Hall–Kier alpha value is -1.80. The Morgan fingerprint density at radius 3 is 3.16 bits per heavy atom. The van der Waals surface area contributed by atoms with Crippen molar-refractivity contribution in [1.82, 2.24) is 10.2 Å². The summed E-state index contributed by atoms with van der Waals surface area (Å²) in [5.74, 6) is 0. The first kappa shape index (κ1) is 13.6. The molecular weight excluding hydrogens is 252 g/mol. The summed E-state index contributed by atoms with van der Waals surface area (Å²) >= 11 is 0. The molecule has 0 radical (unpaired) electrons. The third-order valence-corrected chi connectivity index (χ3v) is 3.24. The van der Waals surface area contributed by atoms with Gasteiger partial charge in [-0.05, 0) is 18.0 Å². The Bertz CT molecular complexity index is 447. The van der Waals surface area contributed by atoms with E-state index in [0.717, 1.165) is 5.57 Å². The minimum Gasteiger partial charge on any atom is -0.394 e. The summed E-state index contributed by atoms with van der Waals surface area (Å²) in [7, 11) is 0. The molecule has 1 saturated heterocycles. The molecule has 9 heteroatoms. The fourth-order valence-electron chi connectivity index (χ4n) is 2.13. The number of hydrogen-bond donors (Lipinski definition) is 3. The molecule has 0 aliphatic carbocycles. The van der Waals surface area contributed by atoms with Crippen LogP contribution in [0.3, 0.4) is 0 Å². The molecule has 2 aliphatic rings. The summed E-state index contributed by atoms with van der Waals surface area (Å²) in [6.07, 6.45) is 0.266. The van der Waals surface area contributed by atoms with Crippen LogP contribution in [0.4, 0.5) is 4.79 Å². The van der Waals surface area contributed by atoms with Crippen molar-refractivity contribution in [3.05, 3.63) is 22.2 Å². The van der Waals surface area contributed by atoms with Crippen LogP contribution in [0, 0.1) is 0 Å².